The minimum absolute atomic E-state index is 0.0854. The van der Waals surface area contributed by atoms with E-state index in [-0.39, 0.29) is 10.4 Å². The number of hydrogen-bond acceptors (Lipinski definition) is 6. The van der Waals surface area contributed by atoms with Crippen LogP contribution >= 0.6 is 0 Å². The van der Waals surface area contributed by atoms with E-state index in [1.807, 2.05) is 12.1 Å². The molecule has 1 saturated heterocycles. The molecule has 182 valence electrons. The van der Waals surface area contributed by atoms with Gasteiger partial charge in [0.25, 0.3) is 0 Å². The molecule has 1 aliphatic heterocycles. The Morgan fingerprint density at radius 3 is 2.41 bits per heavy atom. The van der Waals surface area contributed by atoms with Gasteiger partial charge in [-0.05, 0) is 48.6 Å². The zero-order valence-corrected chi connectivity index (χ0v) is 19.6. The second-order valence-corrected chi connectivity index (χ2v) is 11.0. The Labute approximate surface area is 198 Å². The fourth-order valence-corrected chi connectivity index (χ4v) is 6.18. The predicted octanol–water partition coefficient (Wildman–Crippen LogP) is 1.92. The van der Waals surface area contributed by atoms with E-state index in [0.29, 0.717) is 18.4 Å². The molecule has 2 fully saturated rings. The van der Waals surface area contributed by atoms with Crippen LogP contribution < -0.4 is 15.4 Å². The molecule has 10 heteroatoms. The van der Waals surface area contributed by atoms with Gasteiger partial charge in [0.2, 0.25) is 21.8 Å². The summed E-state index contributed by atoms with van der Waals surface area (Å²) in [5.41, 5.74) is 0.0854. The van der Waals surface area contributed by atoms with E-state index in [1.54, 1.807) is 18.2 Å². The van der Waals surface area contributed by atoms with Crippen LogP contribution in [0, 0.1) is 5.92 Å². The van der Waals surface area contributed by atoms with Crippen molar-refractivity contribution in [2.24, 2.45) is 5.92 Å². The number of carbonyl (C=O) groups excluding carboxylic acids is 2. The van der Waals surface area contributed by atoms with Crippen LogP contribution in [0.25, 0.3) is 10.8 Å². The van der Waals surface area contributed by atoms with Crippen molar-refractivity contribution in [1.29, 1.82) is 0 Å². The van der Waals surface area contributed by atoms with Gasteiger partial charge in [0.15, 0.2) is 0 Å². The summed E-state index contributed by atoms with van der Waals surface area (Å²) in [5.74, 6) is -3.29. The molecule has 9 nitrogen and oxygen atoms in total. The van der Waals surface area contributed by atoms with Gasteiger partial charge in [0.1, 0.15) is 6.04 Å². The van der Waals surface area contributed by atoms with E-state index < -0.39 is 46.2 Å². The molecule has 1 heterocycles. The maximum absolute atomic E-state index is 12.9. The van der Waals surface area contributed by atoms with Crippen molar-refractivity contribution >= 4 is 38.6 Å². The highest BCUT2D eigenvalue weighted by Crippen LogP contribution is 2.37. The molecule has 1 saturated carbocycles. The molecular weight excluding hydrogens is 458 g/mol. The van der Waals surface area contributed by atoms with Gasteiger partial charge in [0, 0.05) is 12.1 Å². The molecule has 1 aliphatic carbocycles. The highest BCUT2D eigenvalue weighted by atomic mass is 32.2. The number of sulfonamides is 1. The second-order valence-electron chi connectivity index (χ2n) is 9.24. The van der Waals surface area contributed by atoms with Gasteiger partial charge in [-0.1, -0.05) is 43.2 Å². The first kappa shape index (κ1) is 24.3. The lowest BCUT2D eigenvalue weighted by atomic mass is 9.82. The topological polar surface area (TPSA) is 142 Å². The summed E-state index contributed by atoms with van der Waals surface area (Å²) in [6.45, 7) is 0.436. The van der Waals surface area contributed by atoms with Crippen LogP contribution in [0.15, 0.2) is 47.4 Å². The number of carboxylic acid groups (broad SMARTS) is 1. The maximum atomic E-state index is 12.9. The minimum atomic E-state index is -4.22. The number of fused-ring (bicyclic) bond motifs is 1. The predicted molar refractivity (Wildman–Crippen MR) is 125 cm³/mol. The standard InChI is InChI=1S/C24H29N3O6S/c28-21(29)14-20(27-34(32,33)19-8-7-16-5-1-2-6-17(16)13-19)23(31)26-22(30)18-9-12-24(25-15-18)10-3-4-11-24/h1-2,5-8,13,18,20,25,27H,3-4,9-12,14-15H2,(H,28,29)(H,26,30,31)/t18?,20-/m0/s1. The fraction of sp³-hybridized carbons (Fsp3) is 0.458. The first-order chi connectivity index (χ1) is 16.2. The number of carboxylic acids is 1. The first-order valence-electron chi connectivity index (χ1n) is 11.5. The third kappa shape index (κ3) is 5.45. The molecule has 2 amide bonds. The molecule has 4 rings (SSSR count). The lowest BCUT2D eigenvalue weighted by Gasteiger charge is -2.38. The number of benzene rings is 2. The highest BCUT2D eigenvalue weighted by Gasteiger charge is 2.39. The van der Waals surface area contributed by atoms with Gasteiger partial charge >= 0.3 is 5.97 Å². The lowest BCUT2D eigenvalue weighted by molar-refractivity contribution is -0.141. The smallest absolute Gasteiger partial charge is 0.305 e. The molecule has 34 heavy (non-hydrogen) atoms. The van der Waals surface area contributed by atoms with Crippen molar-refractivity contribution in [3.63, 3.8) is 0 Å². The van der Waals surface area contributed by atoms with Gasteiger partial charge in [-0.2, -0.15) is 4.72 Å². The fourth-order valence-electron chi connectivity index (χ4n) is 4.95. The third-order valence-electron chi connectivity index (χ3n) is 6.90. The van der Waals surface area contributed by atoms with Crippen LogP contribution in [0.1, 0.15) is 44.9 Å². The Morgan fingerprint density at radius 2 is 1.76 bits per heavy atom. The van der Waals surface area contributed by atoms with Gasteiger partial charge in [-0.3, -0.25) is 19.7 Å². The zero-order valence-electron chi connectivity index (χ0n) is 18.7. The summed E-state index contributed by atoms with van der Waals surface area (Å²) in [4.78, 5) is 36.7. The van der Waals surface area contributed by atoms with Crippen LogP contribution in [0.2, 0.25) is 0 Å². The summed E-state index contributed by atoms with van der Waals surface area (Å²) >= 11 is 0. The Balaban J connectivity index is 1.43. The molecule has 2 aromatic carbocycles. The molecule has 0 aromatic heterocycles. The number of aliphatic carboxylic acids is 1. The number of rotatable bonds is 7. The molecule has 0 radical (unpaired) electrons. The first-order valence-corrected chi connectivity index (χ1v) is 13.0. The lowest BCUT2D eigenvalue weighted by Crippen LogP contribution is -2.55. The van der Waals surface area contributed by atoms with Crippen molar-refractivity contribution in [3.05, 3.63) is 42.5 Å². The zero-order chi connectivity index (χ0) is 24.3. The normalized spacial score (nSPS) is 20.8. The SMILES string of the molecule is O=C(O)C[C@H](NS(=O)(=O)c1ccc2ccccc2c1)C(=O)NC(=O)C1CCC2(CCCC2)NC1. The van der Waals surface area contributed by atoms with Gasteiger partial charge < -0.3 is 10.4 Å². The number of piperidine rings is 1. The highest BCUT2D eigenvalue weighted by molar-refractivity contribution is 7.89. The second kappa shape index (κ2) is 9.81. The summed E-state index contributed by atoms with van der Waals surface area (Å²) in [6, 6.07) is 10.0. The monoisotopic (exact) mass is 487 g/mol. The van der Waals surface area contributed by atoms with Gasteiger partial charge in [-0.15, -0.1) is 0 Å². The van der Waals surface area contributed by atoms with Crippen molar-refractivity contribution in [2.45, 2.75) is 61.4 Å². The number of amides is 2. The van der Waals surface area contributed by atoms with Crippen LogP contribution in [0.5, 0.6) is 0 Å². The van der Waals surface area contributed by atoms with E-state index in [9.17, 15) is 27.9 Å². The molecule has 1 unspecified atom stereocenters. The maximum Gasteiger partial charge on any atom is 0.305 e. The Kier molecular flexibility index (Phi) is 7.01. The van der Waals surface area contributed by atoms with Crippen LogP contribution in [-0.4, -0.2) is 49.4 Å². The van der Waals surface area contributed by atoms with Crippen molar-refractivity contribution in [1.82, 2.24) is 15.4 Å². The molecule has 2 aliphatic rings. The molecule has 0 bridgehead atoms. The van der Waals surface area contributed by atoms with Crippen LogP contribution in [-0.2, 0) is 24.4 Å². The average Bonchev–Trinajstić information content (AvgIpc) is 3.26. The quantitative estimate of drug-likeness (QED) is 0.467. The summed E-state index contributed by atoms with van der Waals surface area (Å²) < 4.78 is 28.0. The number of hydrogen-bond donors (Lipinski definition) is 4. The molecule has 2 atom stereocenters. The molecule has 2 aromatic rings. The number of imide groups is 1. The van der Waals surface area contributed by atoms with E-state index >= 15 is 0 Å². The van der Waals surface area contributed by atoms with E-state index in [0.717, 1.165) is 37.5 Å². The van der Waals surface area contributed by atoms with Crippen molar-refractivity contribution in [3.8, 4) is 0 Å². The molecular formula is C24H29N3O6S. The summed E-state index contributed by atoms with van der Waals surface area (Å²) in [5, 5.41) is 16.4. The van der Waals surface area contributed by atoms with Crippen LogP contribution in [0.3, 0.4) is 0 Å². The number of carbonyl (C=O) groups is 3. The minimum Gasteiger partial charge on any atom is -0.481 e. The molecule has 1 spiro atoms. The largest absolute Gasteiger partial charge is 0.481 e. The van der Waals surface area contributed by atoms with E-state index in [1.165, 1.54) is 12.1 Å². The van der Waals surface area contributed by atoms with Crippen LogP contribution in [0.4, 0.5) is 0 Å². The van der Waals surface area contributed by atoms with Gasteiger partial charge in [-0.25, -0.2) is 8.42 Å². The van der Waals surface area contributed by atoms with E-state index in [2.05, 4.69) is 15.4 Å². The van der Waals surface area contributed by atoms with Crippen molar-refractivity contribution < 1.29 is 27.9 Å². The average molecular weight is 488 g/mol. The third-order valence-corrected chi connectivity index (χ3v) is 8.37. The van der Waals surface area contributed by atoms with Gasteiger partial charge in [0.05, 0.1) is 17.2 Å². The van der Waals surface area contributed by atoms with Crippen molar-refractivity contribution in [2.75, 3.05) is 6.54 Å². The summed E-state index contributed by atoms with van der Waals surface area (Å²) in [7, 11) is -4.22. The Hall–Kier alpha value is -2.82. The van der Waals surface area contributed by atoms with E-state index in [4.69, 9.17) is 0 Å². The Bertz CT molecular complexity index is 1200. The molecule has 4 N–H and O–H groups in total. The summed E-state index contributed by atoms with van der Waals surface area (Å²) in [6.07, 6.45) is 5.16. The number of nitrogens with one attached hydrogen (secondary N) is 3. The Morgan fingerprint density at radius 1 is 1.06 bits per heavy atom.